The summed E-state index contributed by atoms with van der Waals surface area (Å²) in [4.78, 5) is 4.63. The molecule has 2 aliphatic rings. The van der Waals surface area contributed by atoms with Gasteiger partial charge in [-0.15, -0.1) is 11.8 Å². The van der Waals surface area contributed by atoms with Crippen molar-refractivity contribution in [2.24, 2.45) is 4.99 Å². The number of hydrogen-bond donors (Lipinski definition) is 0. The zero-order valence-electron chi connectivity index (χ0n) is 8.80. The molecule has 1 unspecified atom stereocenters. The molecular formula is C10H19NOS. The number of ether oxygens (including phenoxy) is 1. The van der Waals surface area contributed by atoms with Crippen LogP contribution < -0.4 is 0 Å². The SMILES string of the molecule is CC.CC1=NC2(CCCOC2)CS1. The summed E-state index contributed by atoms with van der Waals surface area (Å²) in [6.07, 6.45) is 2.40. The fourth-order valence-electron chi connectivity index (χ4n) is 1.68. The Bertz CT molecular complexity index is 185. The molecule has 0 amide bonds. The molecule has 2 aliphatic heterocycles. The molecule has 0 saturated carbocycles. The first-order chi connectivity index (χ1) is 6.31. The van der Waals surface area contributed by atoms with Gasteiger partial charge in [-0.25, -0.2) is 0 Å². The molecule has 0 aromatic heterocycles. The molecule has 3 heteroatoms. The molecule has 1 spiro atoms. The number of thioether (sulfide) groups is 1. The minimum atomic E-state index is 0.174. The van der Waals surface area contributed by atoms with E-state index in [0.29, 0.717) is 0 Å². The molecule has 2 rings (SSSR count). The second kappa shape index (κ2) is 5.01. The van der Waals surface area contributed by atoms with Crippen molar-refractivity contribution in [3.63, 3.8) is 0 Å². The Balaban J connectivity index is 0.000000396. The third-order valence-electron chi connectivity index (χ3n) is 2.25. The van der Waals surface area contributed by atoms with E-state index in [2.05, 4.69) is 11.9 Å². The van der Waals surface area contributed by atoms with Gasteiger partial charge in [0.1, 0.15) is 0 Å². The van der Waals surface area contributed by atoms with Gasteiger partial charge < -0.3 is 4.74 Å². The van der Waals surface area contributed by atoms with E-state index in [4.69, 9.17) is 4.74 Å². The monoisotopic (exact) mass is 201 g/mol. The lowest BCUT2D eigenvalue weighted by molar-refractivity contribution is 0.0497. The first-order valence-electron chi connectivity index (χ1n) is 5.08. The van der Waals surface area contributed by atoms with E-state index in [-0.39, 0.29) is 5.54 Å². The van der Waals surface area contributed by atoms with Gasteiger partial charge in [0.25, 0.3) is 0 Å². The standard InChI is InChI=1S/C8H13NOS.C2H6/c1-7-9-8(6-11-7)3-2-4-10-5-8;1-2/h2-6H2,1H3;1-2H3. The molecule has 13 heavy (non-hydrogen) atoms. The Hall–Kier alpha value is -0.0200. The van der Waals surface area contributed by atoms with Crippen molar-refractivity contribution in [3.05, 3.63) is 0 Å². The molecule has 1 atom stereocenters. The predicted octanol–water partition coefficient (Wildman–Crippen LogP) is 2.73. The average Bonchev–Trinajstić information content (AvgIpc) is 2.52. The topological polar surface area (TPSA) is 21.6 Å². The van der Waals surface area contributed by atoms with Crippen LogP contribution in [0.2, 0.25) is 0 Å². The summed E-state index contributed by atoms with van der Waals surface area (Å²) >= 11 is 1.87. The number of aliphatic imine (C=N–C) groups is 1. The Morgan fingerprint density at radius 1 is 1.46 bits per heavy atom. The minimum absolute atomic E-state index is 0.174. The fraction of sp³-hybridized carbons (Fsp3) is 0.900. The Kier molecular flexibility index (Phi) is 4.26. The van der Waals surface area contributed by atoms with Crippen LogP contribution in [0.4, 0.5) is 0 Å². The van der Waals surface area contributed by atoms with Crippen LogP contribution in [0.1, 0.15) is 33.6 Å². The Morgan fingerprint density at radius 2 is 2.23 bits per heavy atom. The maximum Gasteiger partial charge on any atom is 0.0944 e. The first kappa shape index (κ1) is 11.1. The van der Waals surface area contributed by atoms with Gasteiger partial charge in [-0.05, 0) is 19.8 Å². The van der Waals surface area contributed by atoms with Crippen molar-refractivity contribution in [3.8, 4) is 0 Å². The highest BCUT2D eigenvalue weighted by Crippen LogP contribution is 2.34. The predicted molar refractivity (Wildman–Crippen MR) is 59.7 cm³/mol. The van der Waals surface area contributed by atoms with Gasteiger partial charge in [0.05, 0.1) is 17.2 Å². The van der Waals surface area contributed by atoms with Crippen LogP contribution >= 0.6 is 11.8 Å². The second-order valence-corrected chi connectivity index (χ2v) is 4.47. The molecule has 0 radical (unpaired) electrons. The summed E-state index contributed by atoms with van der Waals surface area (Å²) in [5.41, 5.74) is 0.174. The summed E-state index contributed by atoms with van der Waals surface area (Å²) in [5.74, 6) is 1.14. The van der Waals surface area contributed by atoms with Crippen LogP contribution in [0.3, 0.4) is 0 Å². The maximum absolute atomic E-state index is 5.44. The van der Waals surface area contributed by atoms with E-state index >= 15 is 0 Å². The van der Waals surface area contributed by atoms with Crippen molar-refractivity contribution in [1.29, 1.82) is 0 Å². The van der Waals surface area contributed by atoms with Crippen LogP contribution in [-0.4, -0.2) is 29.5 Å². The Morgan fingerprint density at radius 3 is 2.69 bits per heavy atom. The zero-order chi connectivity index (χ0) is 9.73. The van der Waals surface area contributed by atoms with Gasteiger partial charge in [0.15, 0.2) is 0 Å². The van der Waals surface area contributed by atoms with Gasteiger partial charge in [-0.3, -0.25) is 4.99 Å². The average molecular weight is 201 g/mol. The molecule has 0 aliphatic carbocycles. The zero-order valence-corrected chi connectivity index (χ0v) is 9.62. The van der Waals surface area contributed by atoms with E-state index in [1.54, 1.807) is 0 Å². The molecule has 1 fully saturated rings. The van der Waals surface area contributed by atoms with Crippen molar-refractivity contribution in [2.75, 3.05) is 19.0 Å². The van der Waals surface area contributed by atoms with Crippen LogP contribution in [0, 0.1) is 0 Å². The summed E-state index contributed by atoms with van der Waals surface area (Å²) in [5, 5.41) is 1.23. The second-order valence-electron chi connectivity index (χ2n) is 3.30. The van der Waals surface area contributed by atoms with Crippen LogP contribution in [0.15, 0.2) is 4.99 Å². The fourth-order valence-corrected chi connectivity index (χ4v) is 2.70. The number of rotatable bonds is 0. The third kappa shape index (κ3) is 2.71. The summed E-state index contributed by atoms with van der Waals surface area (Å²) in [7, 11) is 0. The normalized spacial score (nSPS) is 32.4. The lowest BCUT2D eigenvalue weighted by Crippen LogP contribution is -2.37. The van der Waals surface area contributed by atoms with Gasteiger partial charge >= 0.3 is 0 Å². The van der Waals surface area contributed by atoms with E-state index in [1.807, 2.05) is 25.6 Å². The van der Waals surface area contributed by atoms with E-state index in [9.17, 15) is 0 Å². The van der Waals surface area contributed by atoms with Gasteiger partial charge in [0.2, 0.25) is 0 Å². The van der Waals surface area contributed by atoms with E-state index < -0.39 is 0 Å². The smallest absolute Gasteiger partial charge is 0.0944 e. The van der Waals surface area contributed by atoms with E-state index in [0.717, 1.165) is 19.0 Å². The largest absolute Gasteiger partial charge is 0.379 e. The van der Waals surface area contributed by atoms with Crippen LogP contribution in [0.5, 0.6) is 0 Å². The van der Waals surface area contributed by atoms with Crippen LogP contribution in [-0.2, 0) is 4.74 Å². The molecule has 0 bridgehead atoms. The molecular weight excluding hydrogens is 182 g/mol. The molecule has 0 N–H and O–H groups in total. The molecule has 1 saturated heterocycles. The molecule has 76 valence electrons. The summed E-state index contributed by atoms with van der Waals surface area (Å²) in [6, 6.07) is 0. The number of hydrogen-bond acceptors (Lipinski definition) is 3. The lowest BCUT2D eigenvalue weighted by atomic mass is 9.96. The Labute approximate surface area is 85.1 Å². The third-order valence-corrected chi connectivity index (χ3v) is 3.44. The molecule has 2 nitrogen and oxygen atoms in total. The summed E-state index contributed by atoms with van der Waals surface area (Å²) in [6.45, 7) is 7.87. The highest BCUT2D eigenvalue weighted by Gasteiger charge is 2.36. The quantitative estimate of drug-likeness (QED) is 0.601. The first-order valence-corrected chi connectivity index (χ1v) is 6.06. The highest BCUT2D eigenvalue weighted by molar-refractivity contribution is 8.14. The number of nitrogens with zero attached hydrogens (tertiary/aromatic N) is 1. The van der Waals surface area contributed by atoms with Crippen molar-refractivity contribution >= 4 is 16.8 Å². The van der Waals surface area contributed by atoms with Crippen molar-refractivity contribution in [1.82, 2.24) is 0 Å². The maximum atomic E-state index is 5.44. The van der Waals surface area contributed by atoms with Crippen LogP contribution in [0.25, 0.3) is 0 Å². The van der Waals surface area contributed by atoms with E-state index in [1.165, 1.54) is 17.9 Å². The highest BCUT2D eigenvalue weighted by atomic mass is 32.2. The molecule has 0 aromatic rings. The molecule has 0 aromatic carbocycles. The van der Waals surface area contributed by atoms with Gasteiger partial charge in [0, 0.05) is 12.4 Å². The van der Waals surface area contributed by atoms with Crippen molar-refractivity contribution in [2.45, 2.75) is 39.2 Å². The van der Waals surface area contributed by atoms with Gasteiger partial charge in [-0.2, -0.15) is 0 Å². The summed E-state index contributed by atoms with van der Waals surface area (Å²) < 4.78 is 5.44. The van der Waals surface area contributed by atoms with Crippen molar-refractivity contribution < 1.29 is 4.74 Å². The molecule has 2 heterocycles. The lowest BCUT2D eigenvalue weighted by Gasteiger charge is -2.29. The van der Waals surface area contributed by atoms with Gasteiger partial charge in [-0.1, -0.05) is 13.8 Å². The minimum Gasteiger partial charge on any atom is -0.379 e.